The standard InChI is InChI=1S/C23H23ClF3N5O2/c1-15(31-9-6-23(26,27)19(12-31)16-4-7-32(34)8-5-16)22(33)29-21-13-30(14-28-21)11-17-10-18(24)2-3-20(17)25/h2-5,7-8,10,13-15,19H,6,9,11-12H2,1H3,(H-,29,33,34)/p+1/t15-,19+/m0/s1. The predicted octanol–water partition coefficient (Wildman–Crippen LogP) is 3.70. The average molecular weight is 495 g/mol. The summed E-state index contributed by atoms with van der Waals surface area (Å²) in [6.07, 6.45) is 5.23. The number of rotatable bonds is 6. The van der Waals surface area contributed by atoms with E-state index < -0.39 is 23.7 Å². The number of halogens is 4. The Hall–Kier alpha value is -3.11. The van der Waals surface area contributed by atoms with E-state index in [1.807, 2.05) is 0 Å². The Morgan fingerprint density at radius 2 is 2.09 bits per heavy atom. The molecule has 11 heteroatoms. The molecule has 0 unspecified atom stereocenters. The molecular formula is C23H24ClF3N5O2+. The number of carbonyl (C=O) groups excluding carboxylic acids is 1. The molecule has 4 rings (SSSR count). The third-order valence-corrected chi connectivity index (χ3v) is 6.31. The Labute approximate surface area is 199 Å². The minimum atomic E-state index is -2.93. The quantitative estimate of drug-likeness (QED) is 0.405. The molecule has 3 aromatic rings. The highest BCUT2D eigenvalue weighted by atomic mass is 35.5. The summed E-state index contributed by atoms with van der Waals surface area (Å²) in [6, 6.07) is 6.48. The van der Waals surface area contributed by atoms with Crippen LogP contribution in [0, 0.1) is 5.82 Å². The lowest BCUT2D eigenvalue weighted by atomic mass is 9.87. The van der Waals surface area contributed by atoms with Gasteiger partial charge in [-0.15, -0.1) is 0 Å². The van der Waals surface area contributed by atoms with Gasteiger partial charge in [0.2, 0.25) is 18.3 Å². The molecule has 180 valence electrons. The number of carbonyl (C=O) groups is 1. The minimum Gasteiger partial charge on any atom is -0.331 e. The predicted molar refractivity (Wildman–Crippen MR) is 119 cm³/mol. The highest BCUT2D eigenvalue weighted by Crippen LogP contribution is 2.40. The zero-order chi connectivity index (χ0) is 24.5. The molecule has 1 saturated heterocycles. The molecule has 34 heavy (non-hydrogen) atoms. The maximum absolute atomic E-state index is 14.6. The number of nitrogens with zero attached hydrogens (tertiary/aromatic N) is 4. The SMILES string of the molecule is C[C@@H](C(=O)Nc1cn(Cc2cc(Cl)ccc2F)cn1)N1CCC(F)(F)[C@@H](c2cc[n+](O)cc2)C1. The molecule has 2 atom stereocenters. The number of aromatic nitrogens is 3. The summed E-state index contributed by atoms with van der Waals surface area (Å²) < 4.78 is 45.6. The van der Waals surface area contributed by atoms with Crippen LogP contribution < -0.4 is 10.0 Å². The van der Waals surface area contributed by atoms with Crippen molar-refractivity contribution >= 4 is 23.3 Å². The van der Waals surface area contributed by atoms with Crippen LogP contribution in [-0.2, 0) is 11.3 Å². The van der Waals surface area contributed by atoms with Gasteiger partial charge in [-0.05, 0) is 30.7 Å². The number of alkyl halides is 2. The molecule has 1 aromatic carbocycles. The van der Waals surface area contributed by atoms with E-state index >= 15 is 0 Å². The molecule has 1 amide bonds. The van der Waals surface area contributed by atoms with Crippen LogP contribution in [0.25, 0.3) is 0 Å². The summed E-state index contributed by atoms with van der Waals surface area (Å²) in [5.74, 6) is -4.55. The third-order valence-electron chi connectivity index (χ3n) is 6.07. The first kappa shape index (κ1) is 24.0. The molecule has 1 aliphatic rings. The number of likely N-dealkylation sites (tertiary alicyclic amines) is 1. The minimum absolute atomic E-state index is 0.0144. The van der Waals surface area contributed by atoms with E-state index in [1.165, 1.54) is 49.1 Å². The van der Waals surface area contributed by atoms with E-state index in [0.717, 1.165) is 4.73 Å². The third kappa shape index (κ3) is 5.34. The number of imidazole rings is 1. The summed E-state index contributed by atoms with van der Waals surface area (Å²) in [6.45, 7) is 1.88. The van der Waals surface area contributed by atoms with Crippen molar-refractivity contribution in [3.05, 3.63) is 77.2 Å². The Morgan fingerprint density at radius 3 is 2.82 bits per heavy atom. The maximum Gasteiger partial charge on any atom is 0.257 e. The molecule has 0 bridgehead atoms. The van der Waals surface area contributed by atoms with Gasteiger partial charge < -0.3 is 9.88 Å². The topological polar surface area (TPSA) is 74.3 Å². The summed E-state index contributed by atoms with van der Waals surface area (Å²) >= 11 is 5.93. The molecule has 1 fully saturated rings. The second-order valence-corrected chi connectivity index (χ2v) is 8.84. The average Bonchev–Trinajstić information content (AvgIpc) is 3.23. The number of pyridine rings is 1. The van der Waals surface area contributed by atoms with Crippen molar-refractivity contribution in [1.82, 2.24) is 14.5 Å². The van der Waals surface area contributed by atoms with Crippen molar-refractivity contribution < 1.29 is 27.9 Å². The second kappa shape index (κ2) is 9.63. The van der Waals surface area contributed by atoms with Crippen molar-refractivity contribution in [1.29, 1.82) is 0 Å². The number of hydrogen-bond acceptors (Lipinski definition) is 4. The fourth-order valence-corrected chi connectivity index (χ4v) is 4.25. The van der Waals surface area contributed by atoms with Gasteiger partial charge in [-0.25, -0.2) is 18.2 Å². The largest absolute Gasteiger partial charge is 0.331 e. The zero-order valence-corrected chi connectivity index (χ0v) is 19.1. The lowest BCUT2D eigenvalue weighted by Gasteiger charge is -2.40. The van der Waals surface area contributed by atoms with E-state index in [2.05, 4.69) is 10.3 Å². The number of hydrogen-bond donors (Lipinski definition) is 2. The molecule has 0 saturated carbocycles. The van der Waals surface area contributed by atoms with Crippen LogP contribution in [0.3, 0.4) is 0 Å². The van der Waals surface area contributed by atoms with Crippen LogP contribution in [0.1, 0.15) is 30.4 Å². The van der Waals surface area contributed by atoms with Crippen molar-refractivity contribution in [2.45, 2.75) is 37.8 Å². The summed E-state index contributed by atoms with van der Waals surface area (Å²) in [5.41, 5.74) is 0.767. The molecule has 7 nitrogen and oxygen atoms in total. The summed E-state index contributed by atoms with van der Waals surface area (Å²) in [7, 11) is 0. The number of nitrogens with one attached hydrogen (secondary N) is 1. The molecule has 3 heterocycles. The normalized spacial score (nSPS) is 19.0. The molecule has 0 radical (unpaired) electrons. The van der Waals surface area contributed by atoms with Crippen molar-refractivity contribution in [3.63, 3.8) is 0 Å². The van der Waals surface area contributed by atoms with Gasteiger partial charge in [0.25, 0.3) is 5.92 Å². The fourth-order valence-electron chi connectivity index (χ4n) is 4.06. The maximum atomic E-state index is 14.6. The Kier molecular flexibility index (Phi) is 6.81. The molecule has 0 spiro atoms. The lowest BCUT2D eigenvalue weighted by molar-refractivity contribution is -0.904. The molecule has 0 aliphatic carbocycles. The Bertz CT molecular complexity index is 1170. The van der Waals surface area contributed by atoms with Gasteiger partial charge in [-0.2, -0.15) is 0 Å². The fraction of sp³-hybridized carbons (Fsp3) is 0.348. The number of anilines is 1. The van der Waals surface area contributed by atoms with Crippen molar-refractivity contribution in [2.24, 2.45) is 0 Å². The van der Waals surface area contributed by atoms with Gasteiger partial charge >= 0.3 is 0 Å². The summed E-state index contributed by atoms with van der Waals surface area (Å²) in [5, 5.41) is 12.5. The highest BCUT2D eigenvalue weighted by molar-refractivity contribution is 6.30. The smallest absolute Gasteiger partial charge is 0.257 e. The lowest BCUT2D eigenvalue weighted by Crippen LogP contribution is -2.52. The highest BCUT2D eigenvalue weighted by Gasteiger charge is 2.46. The molecule has 2 aromatic heterocycles. The van der Waals surface area contributed by atoms with E-state index in [9.17, 15) is 23.2 Å². The molecule has 1 aliphatic heterocycles. The monoisotopic (exact) mass is 494 g/mol. The van der Waals surface area contributed by atoms with Crippen LogP contribution >= 0.6 is 11.6 Å². The first-order chi connectivity index (χ1) is 16.1. The first-order valence-corrected chi connectivity index (χ1v) is 11.1. The second-order valence-electron chi connectivity index (χ2n) is 8.40. The van der Waals surface area contributed by atoms with Gasteiger partial charge in [0.1, 0.15) is 5.82 Å². The first-order valence-electron chi connectivity index (χ1n) is 10.7. The van der Waals surface area contributed by atoms with Gasteiger partial charge in [-0.3, -0.25) is 14.9 Å². The molecular weight excluding hydrogens is 471 g/mol. The van der Waals surface area contributed by atoms with Crippen LogP contribution in [0.2, 0.25) is 5.02 Å². The van der Waals surface area contributed by atoms with E-state index in [4.69, 9.17) is 11.6 Å². The Balaban J connectivity index is 1.40. The van der Waals surface area contributed by atoms with Gasteiger partial charge in [0.15, 0.2) is 5.82 Å². The Morgan fingerprint density at radius 1 is 1.35 bits per heavy atom. The van der Waals surface area contributed by atoms with Crippen LogP contribution in [0.4, 0.5) is 19.0 Å². The number of benzene rings is 1. The van der Waals surface area contributed by atoms with Crippen LogP contribution in [0.5, 0.6) is 0 Å². The van der Waals surface area contributed by atoms with Crippen molar-refractivity contribution in [2.75, 3.05) is 18.4 Å². The van der Waals surface area contributed by atoms with Crippen molar-refractivity contribution in [3.8, 4) is 0 Å². The van der Waals surface area contributed by atoms with Gasteiger partial charge in [0, 0.05) is 53.2 Å². The van der Waals surface area contributed by atoms with Gasteiger partial charge in [0.05, 0.1) is 24.8 Å². The van der Waals surface area contributed by atoms with E-state index in [-0.39, 0.29) is 37.8 Å². The zero-order valence-electron chi connectivity index (χ0n) is 18.3. The van der Waals surface area contributed by atoms with E-state index in [1.54, 1.807) is 22.6 Å². The number of amides is 1. The van der Waals surface area contributed by atoms with Crippen LogP contribution in [0.15, 0.2) is 55.2 Å². The molecule has 2 N–H and O–H groups in total. The summed E-state index contributed by atoms with van der Waals surface area (Å²) in [4.78, 5) is 18.7. The van der Waals surface area contributed by atoms with Crippen LogP contribution in [-0.4, -0.2) is 50.6 Å². The number of piperidine rings is 1. The van der Waals surface area contributed by atoms with E-state index in [0.29, 0.717) is 16.1 Å². The van der Waals surface area contributed by atoms with Gasteiger partial charge in [-0.1, -0.05) is 11.6 Å².